The van der Waals surface area contributed by atoms with Gasteiger partial charge in [0.1, 0.15) is 0 Å². The standard InChI is InChI=1S/C18H28N2OS/c1-16(22-17-10-5-4-6-11-17)18(21)19-12-9-15-20-13-7-2-3-8-14-20/h4-6,10-11,16H,2-3,7-9,12-15H2,1H3,(H,19,21). The first-order valence-electron chi connectivity index (χ1n) is 8.47. The van der Waals surface area contributed by atoms with Gasteiger partial charge in [0.15, 0.2) is 0 Å². The molecule has 0 bridgehead atoms. The van der Waals surface area contributed by atoms with E-state index in [1.165, 1.54) is 38.8 Å². The summed E-state index contributed by atoms with van der Waals surface area (Å²) in [5, 5.41) is 3.03. The third kappa shape index (κ3) is 6.41. The second-order valence-electron chi connectivity index (χ2n) is 5.97. The number of nitrogens with zero attached hydrogens (tertiary/aromatic N) is 1. The van der Waals surface area contributed by atoms with Gasteiger partial charge in [-0.2, -0.15) is 0 Å². The normalized spacial score (nSPS) is 17.7. The number of rotatable bonds is 7. The Labute approximate surface area is 138 Å². The summed E-state index contributed by atoms with van der Waals surface area (Å²) in [6.07, 6.45) is 6.46. The highest BCUT2D eigenvalue weighted by Gasteiger charge is 2.14. The lowest BCUT2D eigenvalue weighted by atomic mass is 10.2. The SMILES string of the molecule is CC(Sc1ccccc1)C(=O)NCCCN1CCCCCC1. The van der Waals surface area contributed by atoms with Crippen LogP contribution in [0.25, 0.3) is 0 Å². The molecule has 1 aromatic carbocycles. The van der Waals surface area contributed by atoms with Crippen molar-refractivity contribution in [1.82, 2.24) is 10.2 Å². The van der Waals surface area contributed by atoms with E-state index in [1.807, 2.05) is 37.3 Å². The van der Waals surface area contributed by atoms with Crippen LogP contribution in [0.5, 0.6) is 0 Å². The van der Waals surface area contributed by atoms with Gasteiger partial charge < -0.3 is 10.2 Å². The van der Waals surface area contributed by atoms with E-state index in [1.54, 1.807) is 11.8 Å². The van der Waals surface area contributed by atoms with Gasteiger partial charge in [-0.1, -0.05) is 31.0 Å². The number of amides is 1. The van der Waals surface area contributed by atoms with Crippen molar-refractivity contribution in [2.75, 3.05) is 26.2 Å². The summed E-state index contributed by atoms with van der Waals surface area (Å²) in [6.45, 7) is 6.33. The van der Waals surface area contributed by atoms with Crippen LogP contribution < -0.4 is 5.32 Å². The number of benzene rings is 1. The van der Waals surface area contributed by atoms with E-state index >= 15 is 0 Å². The van der Waals surface area contributed by atoms with Gasteiger partial charge in [0.2, 0.25) is 5.91 Å². The van der Waals surface area contributed by atoms with Crippen LogP contribution in [-0.2, 0) is 4.79 Å². The fourth-order valence-corrected chi connectivity index (χ4v) is 3.69. The Morgan fingerprint density at radius 1 is 1.18 bits per heavy atom. The second-order valence-corrected chi connectivity index (χ2v) is 7.39. The zero-order valence-electron chi connectivity index (χ0n) is 13.6. The molecular weight excluding hydrogens is 292 g/mol. The molecule has 1 unspecified atom stereocenters. The summed E-state index contributed by atoms with van der Waals surface area (Å²) in [4.78, 5) is 15.8. The van der Waals surface area contributed by atoms with Crippen molar-refractivity contribution >= 4 is 17.7 Å². The van der Waals surface area contributed by atoms with Gasteiger partial charge >= 0.3 is 0 Å². The molecule has 4 heteroatoms. The molecule has 1 fully saturated rings. The van der Waals surface area contributed by atoms with Crippen LogP contribution in [0, 0.1) is 0 Å². The second kappa shape index (κ2) is 9.90. The quantitative estimate of drug-likeness (QED) is 0.616. The Kier molecular flexibility index (Phi) is 7.81. The molecule has 1 N–H and O–H groups in total. The molecule has 2 rings (SSSR count). The first-order chi connectivity index (χ1) is 10.8. The highest BCUT2D eigenvalue weighted by Crippen LogP contribution is 2.22. The van der Waals surface area contributed by atoms with Gasteiger partial charge in [0.05, 0.1) is 5.25 Å². The molecule has 122 valence electrons. The van der Waals surface area contributed by atoms with Crippen LogP contribution in [0.4, 0.5) is 0 Å². The zero-order chi connectivity index (χ0) is 15.6. The molecule has 0 saturated carbocycles. The van der Waals surface area contributed by atoms with Gasteiger partial charge in [-0.05, 0) is 58.0 Å². The Morgan fingerprint density at radius 2 is 1.86 bits per heavy atom. The minimum Gasteiger partial charge on any atom is -0.355 e. The molecule has 1 aliphatic heterocycles. The third-order valence-corrected chi connectivity index (χ3v) is 5.19. The van der Waals surface area contributed by atoms with Crippen molar-refractivity contribution in [3.8, 4) is 0 Å². The molecule has 1 amide bonds. The molecule has 0 spiro atoms. The van der Waals surface area contributed by atoms with E-state index < -0.39 is 0 Å². The van der Waals surface area contributed by atoms with Crippen molar-refractivity contribution < 1.29 is 4.79 Å². The number of nitrogens with one attached hydrogen (secondary N) is 1. The molecule has 1 heterocycles. The summed E-state index contributed by atoms with van der Waals surface area (Å²) in [7, 11) is 0. The summed E-state index contributed by atoms with van der Waals surface area (Å²) >= 11 is 1.62. The maximum atomic E-state index is 12.1. The third-order valence-electron chi connectivity index (χ3n) is 4.07. The van der Waals surface area contributed by atoms with Crippen LogP contribution in [0.15, 0.2) is 35.2 Å². The number of hydrogen-bond acceptors (Lipinski definition) is 3. The molecule has 0 aromatic heterocycles. The Morgan fingerprint density at radius 3 is 2.55 bits per heavy atom. The van der Waals surface area contributed by atoms with Crippen molar-refractivity contribution in [2.24, 2.45) is 0 Å². The maximum Gasteiger partial charge on any atom is 0.233 e. The Bertz CT molecular complexity index is 430. The topological polar surface area (TPSA) is 32.3 Å². The van der Waals surface area contributed by atoms with Crippen LogP contribution in [0.2, 0.25) is 0 Å². The van der Waals surface area contributed by atoms with Gasteiger partial charge in [-0.3, -0.25) is 4.79 Å². The zero-order valence-corrected chi connectivity index (χ0v) is 14.4. The van der Waals surface area contributed by atoms with Crippen molar-refractivity contribution in [2.45, 2.75) is 49.2 Å². The number of hydrogen-bond donors (Lipinski definition) is 1. The summed E-state index contributed by atoms with van der Waals surface area (Å²) in [5.41, 5.74) is 0. The van der Waals surface area contributed by atoms with Gasteiger partial charge in [-0.25, -0.2) is 0 Å². The smallest absolute Gasteiger partial charge is 0.233 e. The van der Waals surface area contributed by atoms with Crippen LogP contribution in [0.3, 0.4) is 0 Å². The first kappa shape index (κ1) is 17.4. The fourth-order valence-electron chi connectivity index (χ4n) is 2.77. The largest absolute Gasteiger partial charge is 0.355 e. The maximum absolute atomic E-state index is 12.1. The minimum atomic E-state index is -0.0411. The highest BCUT2D eigenvalue weighted by molar-refractivity contribution is 8.00. The van der Waals surface area contributed by atoms with Crippen molar-refractivity contribution in [3.63, 3.8) is 0 Å². The lowest BCUT2D eigenvalue weighted by molar-refractivity contribution is -0.120. The van der Waals surface area contributed by atoms with E-state index in [9.17, 15) is 4.79 Å². The molecule has 22 heavy (non-hydrogen) atoms. The van der Waals surface area contributed by atoms with Gasteiger partial charge in [0, 0.05) is 11.4 Å². The summed E-state index contributed by atoms with van der Waals surface area (Å²) in [5.74, 6) is 0.143. The molecule has 1 atom stereocenters. The fraction of sp³-hybridized carbons (Fsp3) is 0.611. The molecule has 1 aliphatic rings. The predicted molar refractivity (Wildman–Crippen MR) is 94.3 cm³/mol. The number of thioether (sulfide) groups is 1. The van der Waals surface area contributed by atoms with Crippen LogP contribution in [0.1, 0.15) is 39.0 Å². The number of likely N-dealkylation sites (tertiary alicyclic amines) is 1. The van der Waals surface area contributed by atoms with E-state index in [2.05, 4.69) is 10.2 Å². The molecule has 3 nitrogen and oxygen atoms in total. The van der Waals surface area contributed by atoms with E-state index in [-0.39, 0.29) is 11.2 Å². The van der Waals surface area contributed by atoms with Gasteiger partial charge in [-0.15, -0.1) is 11.8 Å². The number of carbonyl (C=O) groups is 1. The molecule has 1 aromatic rings. The van der Waals surface area contributed by atoms with E-state index in [4.69, 9.17) is 0 Å². The predicted octanol–water partition coefficient (Wildman–Crippen LogP) is 3.55. The average molecular weight is 321 g/mol. The monoisotopic (exact) mass is 320 g/mol. The Balaban J connectivity index is 1.60. The minimum absolute atomic E-state index is 0.0411. The summed E-state index contributed by atoms with van der Waals surface area (Å²) in [6, 6.07) is 10.1. The van der Waals surface area contributed by atoms with Gasteiger partial charge in [0.25, 0.3) is 0 Å². The molecular formula is C18H28N2OS. The molecule has 0 radical (unpaired) electrons. The van der Waals surface area contributed by atoms with Crippen LogP contribution >= 0.6 is 11.8 Å². The van der Waals surface area contributed by atoms with E-state index in [0.717, 1.165) is 24.4 Å². The lowest BCUT2D eigenvalue weighted by Crippen LogP contribution is -2.34. The molecule has 1 saturated heterocycles. The Hall–Kier alpha value is -1.00. The summed E-state index contributed by atoms with van der Waals surface area (Å²) < 4.78 is 0. The molecule has 0 aliphatic carbocycles. The lowest BCUT2D eigenvalue weighted by Gasteiger charge is -2.19. The first-order valence-corrected chi connectivity index (χ1v) is 9.35. The van der Waals surface area contributed by atoms with Crippen molar-refractivity contribution in [1.29, 1.82) is 0 Å². The van der Waals surface area contributed by atoms with Crippen LogP contribution in [-0.4, -0.2) is 42.2 Å². The highest BCUT2D eigenvalue weighted by atomic mass is 32.2. The van der Waals surface area contributed by atoms with E-state index in [0.29, 0.717) is 0 Å². The van der Waals surface area contributed by atoms with Crippen molar-refractivity contribution in [3.05, 3.63) is 30.3 Å². The average Bonchev–Trinajstić information content (AvgIpc) is 2.81. The number of carbonyl (C=O) groups excluding carboxylic acids is 1.